The minimum atomic E-state index is -0.539. The van der Waals surface area contributed by atoms with Crippen molar-refractivity contribution >= 4 is 90.7 Å². The molecule has 0 fully saturated rings. The Hall–Kier alpha value is -9.90. The molecule has 79 heavy (non-hydrogen) atoms. The molecule has 2 aliphatic heterocycles. The van der Waals surface area contributed by atoms with Crippen LogP contribution < -0.4 is 19.6 Å². The highest BCUT2D eigenvalue weighted by Crippen LogP contribution is 2.65. The van der Waals surface area contributed by atoms with Gasteiger partial charge < -0.3 is 19.6 Å². The largest absolute Gasteiger partial charge is 0.306 e. The second-order valence-corrected chi connectivity index (χ2v) is 20.9. The zero-order valence-corrected chi connectivity index (χ0v) is 44.0. The lowest BCUT2D eigenvalue weighted by Gasteiger charge is -2.40. The normalized spacial score (nSPS) is 15.3. The highest BCUT2D eigenvalue weighted by molar-refractivity contribution is 6.09. The molecule has 4 aliphatic rings. The van der Waals surface area contributed by atoms with Crippen LogP contribution in [0.15, 0.2) is 285 Å². The summed E-state index contributed by atoms with van der Waals surface area (Å²) < 4.78 is 0. The van der Waals surface area contributed by atoms with E-state index in [-0.39, 0.29) is 0 Å². The summed E-state index contributed by atoms with van der Waals surface area (Å²) in [6, 6.07) is 96.0. The summed E-state index contributed by atoms with van der Waals surface area (Å²) in [6.07, 6.45) is 12.6. The van der Waals surface area contributed by atoms with Crippen molar-refractivity contribution in [2.45, 2.75) is 31.6 Å². The summed E-state index contributed by atoms with van der Waals surface area (Å²) in [5.41, 5.74) is 25.0. The van der Waals surface area contributed by atoms with Gasteiger partial charge in [-0.05, 0) is 159 Å². The first-order valence-electron chi connectivity index (χ1n) is 27.8. The third kappa shape index (κ3) is 7.14. The van der Waals surface area contributed by atoms with E-state index in [2.05, 4.69) is 312 Å². The molecule has 2 aliphatic carbocycles. The maximum atomic E-state index is 2.55. The van der Waals surface area contributed by atoms with E-state index in [1.54, 1.807) is 0 Å². The zero-order chi connectivity index (χ0) is 52.4. The van der Waals surface area contributed by atoms with E-state index >= 15 is 0 Å². The summed E-state index contributed by atoms with van der Waals surface area (Å²) in [6.45, 7) is 2.29. The van der Waals surface area contributed by atoms with Crippen molar-refractivity contribution < 1.29 is 0 Å². The number of unbranched alkanes of at least 4 members (excludes halogenated alkanes) is 1. The number of hydrogen-bond donors (Lipinski definition) is 0. The lowest BCUT2D eigenvalue weighted by molar-refractivity contribution is 0.790. The SMILES string of the molecule is CCCC=C1C(=CCC=Cc2ccc(N3c4ccccc4N(c4ccccc4)c4ccccc43)c3ccccc23)C2(c3cc(N4c5ccccc5N(c5ccccc5)c5ccccc54)ccc31)c1ccccc1-c1ccccc12. The first-order valence-corrected chi connectivity index (χ1v) is 27.8. The third-order valence-electron chi connectivity index (χ3n) is 16.7. The van der Waals surface area contributed by atoms with Gasteiger partial charge in [-0.25, -0.2) is 0 Å². The van der Waals surface area contributed by atoms with E-state index in [1.807, 2.05) is 0 Å². The lowest BCUT2D eigenvalue weighted by atomic mass is 9.70. The van der Waals surface area contributed by atoms with Gasteiger partial charge in [-0.3, -0.25) is 0 Å². The van der Waals surface area contributed by atoms with Crippen molar-refractivity contribution in [1.82, 2.24) is 0 Å². The standard InChI is InChI=1S/C75H56N4/c1-2-3-31-57-60-49-48-55(78-69-41-20-18-39-67(69)76(53-27-6-4-7-28-53)68-40-19-21-42-70(68)78)51-65(60)75(63-37-16-13-33-58(63)59-34-14-17-38-64(59)75)62(57)36-15-10-26-52-47-50-66(61-35-12-11-32-56(52)61)79-73-45-24-22-43-71(73)77(54-29-8-5-9-30-54)72-44-23-25-46-74(72)79/h4-14,16-51H,2-3,15H2,1H3. The molecular weight excluding hydrogens is 957 g/mol. The van der Waals surface area contributed by atoms with Gasteiger partial charge in [-0.1, -0.05) is 208 Å². The Morgan fingerprint density at radius 2 is 0.785 bits per heavy atom. The van der Waals surface area contributed by atoms with E-state index in [0.29, 0.717) is 0 Å². The quantitative estimate of drug-likeness (QED) is 0.143. The van der Waals surface area contributed by atoms with Crippen LogP contribution in [0.2, 0.25) is 0 Å². The Balaban J connectivity index is 0.857. The molecule has 11 aromatic rings. The van der Waals surface area contributed by atoms with Gasteiger partial charge in [0, 0.05) is 22.4 Å². The number of benzene rings is 11. The van der Waals surface area contributed by atoms with Gasteiger partial charge in [0.2, 0.25) is 0 Å². The van der Waals surface area contributed by atoms with Gasteiger partial charge in [0.1, 0.15) is 0 Å². The number of para-hydroxylation sites is 10. The predicted molar refractivity (Wildman–Crippen MR) is 333 cm³/mol. The van der Waals surface area contributed by atoms with Crippen molar-refractivity contribution in [2.24, 2.45) is 0 Å². The molecule has 376 valence electrons. The van der Waals surface area contributed by atoms with E-state index < -0.39 is 5.41 Å². The van der Waals surface area contributed by atoms with Crippen LogP contribution in [0.25, 0.3) is 33.5 Å². The molecule has 0 atom stereocenters. The van der Waals surface area contributed by atoms with Crippen molar-refractivity contribution in [2.75, 3.05) is 19.6 Å². The molecule has 0 saturated heterocycles. The number of hydrogen-bond acceptors (Lipinski definition) is 4. The average Bonchev–Trinajstić information content (AvgIpc) is 4.18. The van der Waals surface area contributed by atoms with Crippen LogP contribution in [-0.2, 0) is 5.41 Å². The molecule has 11 aromatic carbocycles. The van der Waals surface area contributed by atoms with Gasteiger partial charge in [0.15, 0.2) is 0 Å². The Bertz CT molecular complexity index is 4140. The van der Waals surface area contributed by atoms with E-state index in [1.165, 1.54) is 60.9 Å². The topological polar surface area (TPSA) is 13.0 Å². The minimum Gasteiger partial charge on any atom is -0.306 e. The fraction of sp³-hybridized carbons (Fsp3) is 0.0667. The molecule has 0 radical (unpaired) electrons. The molecule has 4 nitrogen and oxygen atoms in total. The van der Waals surface area contributed by atoms with Crippen molar-refractivity contribution in [1.29, 1.82) is 0 Å². The Labute approximate surface area is 463 Å². The van der Waals surface area contributed by atoms with Crippen LogP contribution in [0.5, 0.6) is 0 Å². The summed E-state index contributed by atoms with van der Waals surface area (Å²) >= 11 is 0. The fourth-order valence-electron chi connectivity index (χ4n) is 13.5. The van der Waals surface area contributed by atoms with E-state index in [4.69, 9.17) is 0 Å². The number of nitrogens with zero attached hydrogens (tertiary/aromatic N) is 4. The van der Waals surface area contributed by atoms with E-state index in [9.17, 15) is 0 Å². The minimum absolute atomic E-state index is 0.539. The highest BCUT2D eigenvalue weighted by Gasteiger charge is 2.53. The summed E-state index contributed by atoms with van der Waals surface area (Å²) in [5, 5.41) is 2.43. The van der Waals surface area contributed by atoms with Gasteiger partial charge in [-0.2, -0.15) is 0 Å². The van der Waals surface area contributed by atoms with Gasteiger partial charge in [-0.15, -0.1) is 0 Å². The summed E-state index contributed by atoms with van der Waals surface area (Å²) in [5.74, 6) is 0. The summed E-state index contributed by atoms with van der Waals surface area (Å²) in [4.78, 5) is 9.74. The average molecular weight is 1010 g/mol. The number of rotatable bonds is 9. The van der Waals surface area contributed by atoms with Crippen LogP contribution in [0.4, 0.5) is 68.2 Å². The zero-order valence-electron chi connectivity index (χ0n) is 44.0. The molecule has 0 unspecified atom stereocenters. The predicted octanol–water partition coefficient (Wildman–Crippen LogP) is 20.9. The molecule has 15 rings (SSSR count). The molecule has 4 heteroatoms. The molecule has 0 aromatic heterocycles. The van der Waals surface area contributed by atoms with Gasteiger partial charge in [0.25, 0.3) is 0 Å². The van der Waals surface area contributed by atoms with Crippen molar-refractivity contribution in [3.05, 3.63) is 312 Å². The van der Waals surface area contributed by atoms with E-state index in [0.717, 1.165) is 87.5 Å². The molecule has 1 spiro atoms. The Morgan fingerprint density at radius 1 is 0.342 bits per heavy atom. The van der Waals surface area contributed by atoms with Crippen LogP contribution in [0.1, 0.15) is 54.0 Å². The third-order valence-corrected chi connectivity index (χ3v) is 16.7. The van der Waals surface area contributed by atoms with Gasteiger partial charge in [0.05, 0.1) is 56.6 Å². The molecule has 0 saturated carbocycles. The number of allylic oxidation sites excluding steroid dienone is 5. The number of fused-ring (bicyclic) bond motifs is 12. The molecular formula is C75H56N4. The smallest absolute Gasteiger partial charge is 0.0723 e. The highest BCUT2D eigenvalue weighted by atomic mass is 15.3. The van der Waals surface area contributed by atoms with Crippen molar-refractivity contribution in [3.8, 4) is 11.1 Å². The Kier molecular flexibility index (Phi) is 11.1. The van der Waals surface area contributed by atoms with Crippen molar-refractivity contribution in [3.63, 3.8) is 0 Å². The summed E-state index contributed by atoms with van der Waals surface area (Å²) in [7, 11) is 0. The second-order valence-electron chi connectivity index (χ2n) is 20.9. The van der Waals surface area contributed by atoms with Crippen LogP contribution in [0.3, 0.4) is 0 Å². The van der Waals surface area contributed by atoms with Crippen LogP contribution in [0, 0.1) is 0 Å². The Morgan fingerprint density at radius 3 is 1.30 bits per heavy atom. The van der Waals surface area contributed by atoms with Gasteiger partial charge >= 0.3 is 0 Å². The molecule has 0 N–H and O–H groups in total. The number of anilines is 12. The maximum Gasteiger partial charge on any atom is 0.0723 e. The first-order chi connectivity index (χ1) is 39.2. The first kappa shape index (κ1) is 46.4. The lowest BCUT2D eigenvalue weighted by Crippen LogP contribution is -2.27. The molecule has 2 heterocycles. The molecule has 0 bridgehead atoms. The van der Waals surface area contributed by atoms with Crippen LogP contribution >= 0.6 is 0 Å². The maximum absolute atomic E-state index is 2.55. The fourth-order valence-corrected chi connectivity index (χ4v) is 13.5. The monoisotopic (exact) mass is 1010 g/mol. The molecule has 0 amide bonds. The second kappa shape index (κ2) is 19.0. The van der Waals surface area contributed by atoms with Crippen LogP contribution in [-0.4, -0.2) is 0 Å².